The van der Waals surface area contributed by atoms with Crippen LogP contribution in [0.2, 0.25) is 0 Å². The molecule has 28 heteroatoms. The van der Waals surface area contributed by atoms with Crippen LogP contribution in [0.15, 0.2) is 110 Å². The largest absolute Gasteiger partial charge is 0.456 e. The normalized spacial score (nSPS) is 25.2. The lowest BCUT2D eigenvalue weighted by atomic mass is 10.0. The maximum atomic E-state index is 12.6. The third-order valence-electron chi connectivity index (χ3n) is 16.5. The lowest BCUT2D eigenvalue weighted by Gasteiger charge is -2.23. The number of aromatic nitrogens is 6. The van der Waals surface area contributed by atoms with Crippen molar-refractivity contribution in [2.45, 2.75) is 188 Å². The molecule has 26 nitrogen and oxygen atoms in total. The molecule has 8 N–H and O–H groups in total. The van der Waals surface area contributed by atoms with Gasteiger partial charge in [0.1, 0.15) is 40.2 Å². The van der Waals surface area contributed by atoms with E-state index >= 15 is 0 Å². The monoisotopic (exact) mass is 1330 g/mol. The van der Waals surface area contributed by atoms with E-state index in [2.05, 4.69) is 19.9 Å². The molecule has 4 aliphatic rings. The highest BCUT2D eigenvalue weighted by atomic mass is 32.1. The minimum Gasteiger partial charge on any atom is -0.456 e. The number of thiazole rings is 2. The molecule has 0 amide bonds. The number of carbonyl (C=O) groups excluding carboxylic acids is 4. The minimum absolute atomic E-state index is 0.0176. The van der Waals surface area contributed by atoms with Crippen molar-refractivity contribution in [3.63, 3.8) is 0 Å². The zero-order chi connectivity index (χ0) is 67.4. The molecule has 0 aliphatic carbocycles. The lowest BCUT2D eigenvalue weighted by molar-refractivity contribution is -0.184. The smallest absolute Gasteiger partial charge is 0.338 e. The predicted octanol–water partition coefficient (Wildman–Crippen LogP) is 8.01. The van der Waals surface area contributed by atoms with Gasteiger partial charge in [-0.25, -0.2) is 14.4 Å². The number of benzene rings is 3. The molecule has 16 atom stereocenters. The molecule has 8 heterocycles. The highest BCUT2D eigenvalue weighted by Gasteiger charge is 2.43. The van der Waals surface area contributed by atoms with E-state index in [0.717, 1.165) is 22.7 Å². The number of hydrogen-bond donors (Lipinski definition) is 6. The second kappa shape index (κ2) is 32.3. The van der Waals surface area contributed by atoms with Crippen LogP contribution in [0.5, 0.6) is 0 Å². The molecule has 0 saturated carbocycles. The first-order valence-corrected chi connectivity index (χ1v) is 32.8. The number of hydrogen-bond acceptors (Lipinski definition) is 24. The molecule has 4 fully saturated rings. The Balaban J connectivity index is 0.000000162. The van der Waals surface area contributed by atoms with E-state index in [9.17, 15) is 48.6 Å². The third kappa shape index (κ3) is 17.5. The Morgan fingerprint density at radius 3 is 1.27 bits per heavy atom. The Kier molecular flexibility index (Phi) is 24.6. The zero-order valence-electron chi connectivity index (χ0n) is 53.2. The van der Waals surface area contributed by atoms with E-state index in [1.807, 2.05) is 73.6 Å². The number of aromatic amines is 2. The summed E-state index contributed by atoms with van der Waals surface area (Å²) in [5.74, 6) is -1.48. The summed E-state index contributed by atoms with van der Waals surface area (Å²) in [6.07, 6.45) is -0.306. The van der Waals surface area contributed by atoms with Gasteiger partial charge in [-0.2, -0.15) is 9.97 Å². The number of H-pyrrole nitrogens is 2. The Hall–Kier alpha value is -7.96. The number of aliphatic hydroxyl groups is 2. The fourth-order valence-electron chi connectivity index (χ4n) is 11.5. The summed E-state index contributed by atoms with van der Waals surface area (Å²) in [6.45, 7) is 16.8. The summed E-state index contributed by atoms with van der Waals surface area (Å²) in [7, 11) is 0. The number of esters is 4. The van der Waals surface area contributed by atoms with Crippen molar-refractivity contribution in [3.8, 4) is 0 Å². The second-order valence-electron chi connectivity index (χ2n) is 23.5. The Bertz CT molecular complexity index is 3890. The van der Waals surface area contributed by atoms with Crippen molar-refractivity contribution in [2.24, 2.45) is 23.7 Å². The van der Waals surface area contributed by atoms with Gasteiger partial charge in [-0.05, 0) is 87.8 Å². The van der Waals surface area contributed by atoms with Crippen LogP contribution in [-0.2, 0) is 42.7 Å². The fourth-order valence-corrected chi connectivity index (χ4v) is 13.2. The van der Waals surface area contributed by atoms with E-state index in [-0.39, 0.29) is 121 Å². The van der Waals surface area contributed by atoms with Gasteiger partial charge in [0.2, 0.25) is 18.2 Å². The molecule has 2 unspecified atom stereocenters. The second-order valence-corrected chi connectivity index (χ2v) is 25.4. The van der Waals surface area contributed by atoms with Gasteiger partial charge < -0.3 is 59.6 Å². The standard InChI is InChI=1S/C20H22N4O5S.C17H22O5.C15H20O4.C13H18N4O4S/c1-3-12(29-18(26)11-7-5-4-6-8-11)13-9-10(2)17(28-13)24-15-14(30-20(24)27)16(25)23-19(21)22-15;1-4-14(21-16(19)13-8-6-5-7-9-13)15-10-11(2)17(22-15)20-12(3)18;1-3-12(13-9-10(2)14(16)19-13)18-15(17)11-7-5-4-6-8-11;1-3-6(18)7-4-5(2)11(21-7)17-9-8(22-13(17)20)10(19)16-12(14)15-9/h4-8,10,12-13,17H,3,9H2,1-2H3,(H3,21,22,23,25);5-9,11,14-15,17H,4,10H2,1-3H3;4-8,10,12-14,16H,3,9H2,1-2H3;5-7,11,18H,3-4H2,1-2H3,(H3,14,15,16,19)/t10-,12+,13+,17-;11-,14+,15+,17?;10-,12+,13+,14?;5-,6+,7+,11-/m1111/s1. The Morgan fingerprint density at radius 2 is 0.903 bits per heavy atom. The van der Waals surface area contributed by atoms with Crippen molar-refractivity contribution in [1.29, 1.82) is 0 Å². The van der Waals surface area contributed by atoms with Crippen LogP contribution in [0, 0.1) is 23.7 Å². The van der Waals surface area contributed by atoms with E-state index in [0.29, 0.717) is 68.1 Å². The molecule has 4 aromatic heterocycles. The quantitative estimate of drug-likeness (QED) is 0.0371. The zero-order valence-corrected chi connectivity index (χ0v) is 54.9. The van der Waals surface area contributed by atoms with Gasteiger partial charge in [-0.1, -0.05) is 133 Å². The van der Waals surface area contributed by atoms with Crippen molar-refractivity contribution in [3.05, 3.63) is 148 Å². The van der Waals surface area contributed by atoms with Crippen LogP contribution in [0.1, 0.15) is 157 Å². The summed E-state index contributed by atoms with van der Waals surface area (Å²) < 4.78 is 48.3. The number of nitrogen functional groups attached to an aromatic ring is 2. The first-order chi connectivity index (χ1) is 44.4. The first-order valence-electron chi connectivity index (χ1n) is 31.2. The van der Waals surface area contributed by atoms with Gasteiger partial charge in [0.15, 0.2) is 17.6 Å². The van der Waals surface area contributed by atoms with Crippen LogP contribution in [0.25, 0.3) is 20.7 Å². The first kappa shape index (κ1) is 70.9. The fraction of sp³-hybridized carbons (Fsp3) is 0.508. The van der Waals surface area contributed by atoms with Crippen molar-refractivity contribution in [2.75, 3.05) is 11.5 Å². The molecule has 0 radical (unpaired) electrons. The summed E-state index contributed by atoms with van der Waals surface area (Å²) in [5.41, 5.74) is 12.3. The number of ether oxygens (including phenoxy) is 8. The number of aliphatic hydroxyl groups excluding tert-OH is 2. The summed E-state index contributed by atoms with van der Waals surface area (Å²) >= 11 is 1.63. The van der Waals surface area contributed by atoms with E-state index in [1.54, 1.807) is 72.8 Å². The molecule has 4 saturated heterocycles. The molecule has 93 heavy (non-hydrogen) atoms. The molecule has 502 valence electrons. The molecule has 4 aliphatic heterocycles. The maximum absolute atomic E-state index is 12.6. The predicted molar refractivity (Wildman–Crippen MR) is 346 cm³/mol. The maximum Gasteiger partial charge on any atom is 0.338 e. The molecule has 0 spiro atoms. The van der Waals surface area contributed by atoms with Gasteiger partial charge in [0.25, 0.3) is 11.1 Å². The molecular formula is C65H82N8O18S2. The summed E-state index contributed by atoms with van der Waals surface area (Å²) in [4.78, 5) is 109. The number of nitrogens with two attached hydrogens (primary N) is 2. The van der Waals surface area contributed by atoms with Crippen LogP contribution < -0.4 is 32.3 Å². The number of anilines is 2. The highest BCUT2D eigenvalue weighted by Crippen LogP contribution is 2.40. The molecule has 7 aromatic rings. The van der Waals surface area contributed by atoms with Crippen LogP contribution in [-0.4, -0.2) is 125 Å². The van der Waals surface area contributed by atoms with Crippen molar-refractivity contribution in [1.82, 2.24) is 29.1 Å². The molecular weight excluding hydrogens is 1240 g/mol. The van der Waals surface area contributed by atoms with Gasteiger partial charge in [0, 0.05) is 30.6 Å². The summed E-state index contributed by atoms with van der Waals surface area (Å²) in [6, 6.07) is 26.5. The number of nitrogens with one attached hydrogen (secondary N) is 2. The average molecular weight is 1330 g/mol. The SMILES string of the molecule is CC[C@H](O)[C@@H]1C[C@@H](C)[C@H](n2c(=O)sc3c(=O)[nH]c(N)nc32)O1.CC[C@H](OC(=O)c1ccccc1)[C@@H]1C[C@@H](C)C(O)O1.CC[C@H](OC(=O)c1ccccc1)[C@@H]1C[C@@H](C)C(OC(C)=O)O1.CC[C@H](OC(=O)c1ccccc1)[C@@H]1C[C@@H](C)[C@H](n2c(=O)sc3c(=O)[nH]c(N)nc32)O1. The van der Waals surface area contributed by atoms with E-state index in [4.69, 9.17) is 49.4 Å². The van der Waals surface area contributed by atoms with Crippen LogP contribution >= 0.6 is 22.7 Å². The number of rotatable bonds is 17. The topological polar surface area (TPSA) is 370 Å². The minimum atomic E-state index is -0.755. The van der Waals surface area contributed by atoms with Gasteiger partial charge in [-0.15, -0.1) is 0 Å². The number of fused-ring (bicyclic) bond motifs is 2. The van der Waals surface area contributed by atoms with Crippen molar-refractivity contribution < 1.29 is 67.3 Å². The third-order valence-corrected chi connectivity index (χ3v) is 18.4. The van der Waals surface area contributed by atoms with E-state index in [1.165, 1.54) is 16.1 Å². The van der Waals surface area contributed by atoms with Crippen molar-refractivity contribution >= 4 is 79.1 Å². The number of nitrogens with zero attached hydrogens (tertiary/aromatic N) is 4. The molecule has 3 aromatic carbocycles. The Morgan fingerprint density at radius 1 is 0.548 bits per heavy atom. The van der Waals surface area contributed by atoms with Gasteiger partial charge >= 0.3 is 33.6 Å². The Labute approximate surface area is 543 Å². The number of carbonyl (C=O) groups is 4. The average Bonchev–Trinajstić information content (AvgIpc) is 1.62. The van der Waals surface area contributed by atoms with E-state index < -0.39 is 54.3 Å². The van der Waals surface area contributed by atoms with Gasteiger partial charge in [0.05, 0.1) is 47.2 Å². The summed E-state index contributed by atoms with van der Waals surface area (Å²) in [5, 5.41) is 19.6. The van der Waals surface area contributed by atoms with Gasteiger partial charge in [-0.3, -0.25) is 43.1 Å². The van der Waals surface area contributed by atoms with Crippen LogP contribution in [0.4, 0.5) is 11.9 Å². The molecule has 11 rings (SSSR count). The lowest BCUT2D eigenvalue weighted by Crippen LogP contribution is -2.31. The highest BCUT2D eigenvalue weighted by molar-refractivity contribution is 7.16. The molecule has 0 bridgehead atoms. The van der Waals surface area contributed by atoms with Crippen LogP contribution in [0.3, 0.4) is 0 Å².